The Morgan fingerprint density at radius 2 is 1.81 bits per heavy atom. The first-order valence-electron chi connectivity index (χ1n) is 14.1. The normalized spacial score (nSPS) is 21.0. The fourth-order valence-electron chi connectivity index (χ4n) is 5.55. The van der Waals surface area contributed by atoms with Gasteiger partial charge in [0.2, 0.25) is 5.91 Å². The number of halogens is 4. The van der Waals surface area contributed by atoms with Crippen LogP contribution in [0.3, 0.4) is 0 Å². The smallest absolute Gasteiger partial charge is 0.496 e. The van der Waals surface area contributed by atoms with Crippen molar-refractivity contribution in [2.75, 3.05) is 12.4 Å². The van der Waals surface area contributed by atoms with Gasteiger partial charge in [0.05, 0.1) is 29.9 Å². The minimum Gasteiger partial charge on any atom is -0.496 e. The number of carboxylic acid groups (broad SMARTS) is 1. The van der Waals surface area contributed by atoms with Crippen molar-refractivity contribution in [2.24, 2.45) is 27.7 Å². The van der Waals surface area contributed by atoms with Gasteiger partial charge < -0.3 is 20.5 Å². The van der Waals surface area contributed by atoms with E-state index in [1.807, 2.05) is 6.08 Å². The first-order valence-corrected chi connectivity index (χ1v) is 15.6. The van der Waals surface area contributed by atoms with Gasteiger partial charge in [-0.3, -0.25) is 14.4 Å². The van der Waals surface area contributed by atoms with Gasteiger partial charge in [-0.15, -0.1) is 0 Å². The minimum atomic E-state index is -5.65. The van der Waals surface area contributed by atoms with E-state index in [2.05, 4.69) is 27.3 Å². The van der Waals surface area contributed by atoms with Crippen LogP contribution in [-0.4, -0.2) is 62.5 Å². The van der Waals surface area contributed by atoms with Gasteiger partial charge in [-0.1, -0.05) is 18.2 Å². The van der Waals surface area contributed by atoms with Gasteiger partial charge >= 0.3 is 11.5 Å². The zero-order valence-corrected chi connectivity index (χ0v) is 25.9. The number of ether oxygens (including phenoxy) is 1. The maximum absolute atomic E-state index is 15.1. The van der Waals surface area contributed by atoms with E-state index in [1.54, 1.807) is 6.08 Å². The van der Waals surface area contributed by atoms with Gasteiger partial charge in [0.1, 0.15) is 17.4 Å². The molecule has 4 rings (SSSR count). The largest absolute Gasteiger partial charge is 0.501 e. The number of amidine groups is 1. The van der Waals surface area contributed by atoms with Crippen LogP contribution < -0.4 is 15.4 Å². The number of methoxy groups -OCH3 is 1. The molecule has 3 N–H and O–H groups in total. The van der Waals surface area contributed by atoms with E-state index in [-0.39, 0.29) is 58.6 Å². The molecular formula is C31H30F4N4O7S. The lowest BCUT2D eigenvalue weighted by Gasteiger charge is -2.28. The van der Waals surface area contributed by atoms with Crippen LogP contribution in [0.2, 0.25) is 0 Å². The van der Waals surface area contributed by atoms with Crippen LogP contribution in [0.5, 0.6) is 5.75 Å². The Morgan fingerprint density at radius 1 is 1.11 bits per heavy atom. The highest BCUT2D eigenvalue weighted by Crippen LogP contribution is 2.44. The highest BCUT2D eigenvalue weighted by Gasteiger charge is 2.49. The molecule has 1 saturated carbocycles. The van der Waals surface area contributed by atoms with Crippen LogP contribution in [0.25, 0.3) is 5.57 Å². The Labute approximate surface area is 267 Å². The topological polar surface area (TPSA) is 164 Å². The third-order valence-electron chi connectivity index (χ3n) is 7.89. The molecular weight excluding hydrogens is 648 g/mol. The van der Waals surface area contributed by atoms with E-state index in [0.717, 1.165) is 18.2 Å². The molecule has 2 aliphatic carbocycles. The number of aliphatic carboxylic acids is 1. The summed E-state index contributed by atoms with van der Waals surface area (Å²) in [5.74, 6) is -4.59. The van der Waals surface area contributed by atoms with Crippen molar-refractivity contribution in [3.63, 3.8) is 0 Å². The van der Waals surface area contributed by atoms with Crippen molar-refractivity contribution in [1.29, 1.82) is 0 Å². The third kappa shape index (κ3) is 7.59. The quantitative estimate of drug-likeness (QED) is 0.130. The summed E-state index contributed by atoms with van der Waals surface area (Å²) in [7, 11) is -4.41. The van der Waals surface area contributed by atoms with E-state index in [9.17, 15) is 36.0 Å². The fourth-order valence-corrected chi connectivity index (χ4v) is 6.36. The van der Waals surface area contributed by atoms with E-state index in [4.69, 9.17) is 9.84 Å². The van der Waals surface area contributed by atoms with Gasteiger partial charge in [0.25, 0.3) is 15.7 Å². The van der Waals surface area contributed by atoms with Crippen molar-refractivity contribution in [1.82, 2.24) is 5.32 Å². The molecule has 2 aromatic rings. The predicted molar refractivity (Wildman–Crippen MR) is 164 cm³/mol. The highest BCUT2D eigenvalue weighted by molar-refractivity contribution is 7.92. The van der Waals surface area contributed by atoms with E-state index in [1.165, 1.54) is 32.4 Å². The van der Waals surface area contributed by atoms with Crippen molar-refractivity contribution in [2.45, 2.75) is 42.6 Å². The molecule has 0 spiro atoms. The molecule has 4 atom stereocenters. The van der Waals surface area contributed by atoms with E-state index < -0.39 is 55.8 Å². The molecule has 0 heterocycles. The maximum Gasteiger partial charge on any atom is 0.501 e. The van der Waals surface area contributed by atoms with Crippen LogP contribution >= 0.6 is 0 Å². The van der Waals surface area contributed by atoms with Gasteiger partial charge in [-0.25, -0.2) is 22.8 Å². The van der Waals surface area contributed by atoms with Crippen molar-refractivity contribution in [3.8, 4) is 5.75 Å². The number of alkyl halides is 3. The Bertz CT molecular complexity index is 1800. The standard InChI is InChI=1S/C31H30F4N4O7S/c1-16(15-37-25(36-2)9-10-26(40)41)21-13-22(24(46-3)14-23(21)32)29(42)39-28-18-8-7-17(11-18)27(28)30(43)38-19-5-4-6-20(12-19)47(44,45)31(33,34)35/h4-8,12-15,17-18,27-28H,2,9-11H2,1,3H3,(H,38,43)(H,39,42)(H,40,41)/b16-15+,37-25-/t17-,18+,27+,28-/m1/s1. The molecule has 0 unspecified atom stereocenters. The summed E-state index contributed by atoms with van der Waals surface area (Å²) in [5, 5.41) is 14.2. The number of carbonyl (C=O) groups excluding carboxylic acids is 2. The molecule has 0 aliphatic heterocycles. The molecule has 0 aromatic heterocycles. The number of anilines is 1. The first-order chi connectivity index (χ1) is 22.1. The van der Waals surface area contributed by atoms with Crippen LogP contribution in [0.1, 0.15) is 42.1 Å². The number of rotatable bonds is 11. The molecule has 11 nitrogen and oxygen atoms in total. The van der Waals surface area contributed by atoms with Gasteiger partial charge in [-0.2, -0.15) is 13.2 Å². The second kappa shape index (κ2) is 13.9. The van der Waals surface area contributed by atoms with Crippen LogP contribution in [0.4, 0.5) is 23.2 Å². The predicted octanol–water partition coefficient (Wildman–Crippen LogP) is 5.01. The lowest BCUT2D eigenvalue weighted by molar-refractivity contribution is -0.136. The Kier molecular flexibility index (Phi) is 10.3. The number of benzene rings is 2. The van der Waals surface area contributed by atoms with Gasteiger partial charge in [0, 0.05) is 36.0 Å². The number of amides is 2. The van der Waals surface area contributed by atoms with Crippen molar-refractivity contribution in [3.05, 3.63) is 71.7 Å². The molecule has 2 bridgehead atoms. The second-order valence-electron chi connectivity index (χ2n) is 10.9. The number of nitrogens with zero attached hydrogens (tertiary/aromatic N) is 2. The monoisotopic (exact) mass is 678 g/mol. The molecule has 0 radical (unpaired) electrons. The average Bonchev–Trinajstić information content (AvgIpc) is 3.62. The zero-order valence-electron chi connectivity index (χ0n) is 25.0. The number of carbonyl (C=O) groups is 3. The summed E-state index contributed by atoms with van der Waals surface area (Å²) in [5.41, 5.74) is -5.52. The maximum atomic E-state index is 15.1. The number of nitrogens with one attached hydrogen (secondary N) is 2. The number of hydrogen-bond acceptors (Lipinski definition) is 7. The average molecular weight is 679 g/mol. The summed E-state index contributed by atoms with van der Waals surface area (Å²) >= 11 is 0. The van der Waals surface area contributed by atoms with Gasteiger partial charge in [0.15, 0.2) is 0 Å². The van der Waals surface area contributed by atoms with Crippen LogP contribution in [0.15, 0.2) is 69.6 Å². The number of fused-ring (bicyclic) bond motifs is 2. The number of allylic oxidation sites excluding steroid dienone is 2. The molecule has 2 aromatic carbocycles. The number of aliphatic imine (C=N–C) groups is 2. The fraction of sp³-hybridized carbons (Fsp3) is 0.323. The summed E-state index contributed by atoms with van der Waals surface area (Å²) in [6, 6.07) is 5.28. The second-order valence-corrected chi connectivity index (χ2v) is 12.8. The minimum absolute atomic E-state index is 0.00774. The number of hydrogen-bond donors (Lipinski definition) is 3. The lowest BCUT2D eigenvalue weighted by Crippen LogP contribution is -2.47. The van der Waals surface area contributed by atoms with Crippen molar-refractivity contribution >= 4 is 51.4 Å². The van der Waals surface area contributed by atoms with Crippen molar-refractivity contribution < 1.29 is 50.2 Å². The third-order valence-corrected chi connectivity index (χ3v) is 9.37. The molecule has 1 fully saturated rings. The Hall–Kier alpha value is -4.86. The molecule has 250 valence electrons. The van der Waals surface area contributed by atoms with E-state index in [0.29, 0.717) is 12.5 Å². The Morgan fingerprint density at radius 3 is 2.45 bits per heavy atom. The molecule has 16 heteroatoms. The molecule has 2 aliphatic rings. The highest BCUT2D eigenvalue weighted by atomic mass is 32.2. The van der Waals surface area contributed by atoms with E-state index >= 15 is 4.39 Å². The zero-order chi connectivity index (χ0) is 34.7. The molecule has 47 heavy (non-hydrogen) atoms. The summed E-state index contributed by atoms with van der Waals surface area (Å²) in [4.78, 5) is 44.6. The number of carboxylic acids is 1. The SMILES string of the molecule is C=N/C(CCC(=O)O)=N\C=C(/C)c1cc(C(=O)N[C@H]2[C@@H](C(=O)Nc3cccc(S(=O)(=O)C(F)(F)F)c3)[C@@H]3C=C[C@H]2C3)c(OC)cc1F. The number of sulfone groups is 1. The summed E-state index contributed by atoms with van der Waals surface area (Å²) in [6.07, 6.45) is 5.15. The lowest BCUT2D eigenvalue weighted by atomic mass is 9.87. The summed E-state index contributed by atoms with van der Waals surface area (Å²) in [6.45, 7) is 4.87. The summed E-state index contributed by atoms with van der Waals surface area (Å²) < 4.78 is 83.3. The molecule has 2 amide bonds. The van der Waals surface area contributed by atoms with Crippen LogP contribution in [-0.2, 0) is 19.4 Å². The first kappa shape index (κ1) is 35.0. The Balaban J connectivity index is 1.58. The molecule has 0 saturated heterocycles. The van der Waals surface area contributed by atoms with Gasteiger partial charge in [-0.05, 0) is 61.7 Å². The van der Waals surface area contributed by atoms with Crippen LogP contribution in [0, 0.1) is 23.6 Å².